The molecule has 24 heavy (non-hydrogen) atoms. The third-order valence-electron chi connectivity index (χ3n) is 4.51. The van der Waals surface area contributed by atoms with E-state index in [9.17, 15) is 0 Å². The first kappa shape index (κ1) is 19.2. The van der Waals surface area contributed by atoms with Crippen molar-refractivity contribution in [2.75, 3.05) is 53.5 Å². The fourth-order valence-electron chi connectivity index (χ4n) is 3.03. The van der Waals surface area contributed by atoms with Crippen LogP contribution in [0, 0.1) is 5.92 Å². The van der Waals surface area contributed by atoms with Crippen molar-refractivity contribution >= 4 is 17.3 Å². The van der Waals surface area contributed by atoms with Gasteiger partial charge in [0.15, 0.2) is 5.96 Å². The lowest BCUT2D eigenvalue weighted by Crippen LogP contribution is -2.40. The van der Waals surface area contributed by atoms with Crippen LogP contribution in [-0.4, -0.2) is 69.2 Å². The molecule has 0 spiro atoms. The van der Waals surface area contributed by atoms with Gasteiger partial charge in [-0.2, -0.15) is 11.3 Å². The minimum atomic E-state index is 0.701. The van der Waals surface area contributed by atoms with Crippen LogP contribution >= 0.6 is 11.3 Å². The number of rotatable bonds is 8. The standard InChI is InChI=1S/C18H32N4OS/c1-4-19-18(21(2)14-17-7-12-24-15-17)20-13-16-5-8-22(9-6-16)10-11-23-3/h7,12,15-16H,4-6,8-11,13-14H2,1-3H3,(H,19,20). The minimum absolute atomic E-state index is 0.701. The molecule has 1 aromatic heterocycles. The van der Waals surface area contributed by atoms with Crippen LogP contribution in [0.5, 0.6) is 0 Å². The van der Waals surface area contributed by atoms with Gasteiger partial charge in [-0.1, -0.05) is 0 Å². The number of likely N-dealkylation sites (tertiary alicyclic amines) is 1. The number of hydrogen-bond donors (Lipinski definition) is 1. The van der Waals surface area contributed by atoms with E-state index in [-0.39, 0.29) is 0 Å². The summed E-state index contributed by atoms with van der Waals surface area (Å²) in [6.07, 6.45) is 2.47. The van der Waals surface area contributed by atoms with Crippen molar-refractivity contribution in [1.82, 2.24) is 15.1 Å². The Kier molecular flexibility index (Phi) is 8.56. The summed E-state index contributed by atoms with van der Waals surface area (Å²) in [7, 11) is 3.89. The molecule has 1 N–H and O–H groups in total. The van der Waals surface area contributed by atoms with E-state index in [4.69, 9.17) is 9.73 Å². The molecule has 0 bridgehead atoms. The largest absolute Gasteiger partial charge is 0.383 e. The number of methoxy groups -OCH3 is 1. The second-order valence-electron chi connectivity index (χ2n) is 6.46. The molecule has 0 atom stereocenters. The highest BCUT2D eigenvalue weighted by molar-refractivity contribution is 7.07. The first-order valence-electron chi connectivity index (χ1n) is 8.94. The van der Waals surface area contributed by atoms with Crippen LogP contribution in [-0.2, 0) is 11.3 Å². The molecular weight excluding hydrogens is 320 g/mol. The summed E-state index contributed by atoms with van der Waals surface area (Å²) >= 11 is 1.75. The number of thiophene rings is 1. The summed E-state index contributed by atoms with van der Waals surface area (Å²) in [5.74, 6) is 1.72. The van der Waals surface area contributed by atoms with Crippen LogP contribution in [0.1, 0.15) is 25.3 Å². The van der Waals surface area contributed by atoms with Crippen LogP contribution in [0.2, 0.25) is 0 Å². The monoisotopic (exact) mass is 352 g/mol. The highest BCUT2D eigenvalue weighted by atomic mass is 32.1. The van der Waals surface area contributed by atoms with Crippen LogP contribution in [0.4, 0.5) is 0 Å². The average molecular weight is 353 g/mol. The average Bonchev–Trinajstić information content (AvgIpc) is 3.10. The molecule has 136 valence electrons. The molecule has 5 nitrogen and oxygen atoms in total. The van der Waals surface area contributed by atoms with Crippen molar-refractivity contribution < 1.29 is 4.74 Å². The van der Waals surface area contributed by atoms with E-state index >= 15 is 0 Å². The summed E-state index contributed by atoms with van der Waals surface area (Å²) in [6.45, 7) is 9.10. The molecule has 2 heterocycles. The molecule has 0 amide bonds. The molecule has 6 heteroatoms. The minimum Gasteiger partial charge on any atom is -0.383 e. The second kappa shape index (κ2) is 10.7. The lowest BCUT2D eigenvalue weighted by atomic mass is 9.97. The van der Waals surface area contributed by atoms with Gasteiger partial charge >= 0.3 is 0 Å². The number of piperidine rings is 1. The topological polar surface area (TPSA) is 40.1 Å². The number of ether oxygens (including phenoxy) is 1. The predicted octanol–water partition coefficient (Wildman–Crippen LogP) is 2.50. The van der Waals surface area contributed by atoms with Crippen molar-refractivity contribution in [2.24, 2.45) is 10.9 Å². The smallest absolute Gasteiger partial charge is 0.193 e. The molecular formula is C18H32N4OS. The van der Waals surface area contributed by atoms with Crippen molar-refractivity contribution in [3.8, 4) is 0 Å². The Hall–Kier alpha value is -1.11. The van der Waals surface area contributed by atoms with Gasteiger partial charge in [0.05, 0.1) is 6.61 Å². The van der Waals surface area contributed by atoms with Crippen molar-refractivity contribution in [2.45, 2.75) is 26.3 Å². The lowest BCUT2D eigenvalue weighted by molar-refractivity contribution is 0.121. The van der Waals surface area contributed by atoms with Crippen LogP contribution < -0.4 is 5.32 Å². The summed E-state index contributed by atoms with van der Waals surface area (Å²) in [4.78, 5) is 9.62. The van der Waals surface area contributed by atoms with E-state index < -0.39 is 0 Å². The number of guanidine groups is 1. The molecule has 1 saturated heterocycles. The van der Waals surface area contributed by atoms with E-state index in [0.717, 1.165) is 38.7 Å². The number of hydrogen-bond acceptors (Lipinski definition) is 4. The first-order chi connectivity index (χ1) is 11.7. The first-order valence-corrected chi connectivity index (χ1v) is 9.89. The maximum atomic E-state index is 5.17. The maximum Gasteiger partial charge on any atom is 0.193 e. The third-order valence-corrected chi connectivity index (χ3v) is 5.25. The Balaban J connectivity index is 1.80. The van der Waals surface area contributed by atoms with Crippen LogP contribution in [0.3, 0.4) is 0 Å². The molecule has 1 aliphatic rings. The highest BCUT2D eigenvalue weighted by Gasteiger charge is 2.19. The zero-order valence-corrected chi connectivity index (χ0v) is 16.1. The maximum absolute atomic E-state index is 5.17. The van der Waals surface area contributed by atoms with Crippen molar-refractivity contribution in [3.05, 3.63) is 22.4 Å². The van der Waals surface area contributed by atoms with E-state index in [0.29, 0.717) is 5.92 Å². The van der Waals surface area contributed by atoms with Gasteiger partial charge in [-0.3, -0.25) is 4.99 Å². The van der Waals surface area contributed by atoms with Gasteiger partial charge in [-0.05, 0) is 61.2 Å². The van der Waals surface area contributed by atoms with E-state index in [1.165, 1.54) is 31.5 Å². The van der Waals surface area contributed by atoms with Crippen molar-refractivity contribution in [1.29, 1.82) is 0 Å². The lowest BCUT2D eigenvalue weighted by Gasteiger charge is -2.31. The number of aliphatic imine (C=N–C) groups is 1. The molecule has 0 aromatic carbocycles. The summed E-state index contributed by atoms with van der Waals surface area (Å²) in [5, 5.41) is 7.76. The Labute approximate surface area is 150 Å². The van der Waals surface area contributed by atoms with Gasteiger partial charge in [0.25, 0.3) is 0 Å². The normalized spacial score (nSPS) is 17.2. The molecule has 1 fully saturated rings. The van der Waals surface area contributed by atoms with Gasteiger partial charge in [-0.15, -0.1) is 0 Å². The van der Waals surface area contributed by atoms with E-state index in [2.05, 4.69) is 45.9 Å². The fourth-order valence-corrected chi connectivity index (χ4v) is 3.69. The molecule has 0 unspecified atom stereocenters. The van der Waals surface area contributed by atoms with Gasteiger partial charge in [0, 0.05) is 40.3 Å². The zero-order valence-electron chi connectivity index (χ0n) is 15.3. The number of nitrogens with one attached hydrogen (secondary N) is 1. The quantitative estimate of drug-likeness (QED) is 0.576. The van der Waals surface area contributed by atoms with E-state index in [1.807, 2.05) is 0 Å². The summed E-state index contributed by atoms with van der Waals surface area (Å²) in [6, 6.07) is 2.18. The van der Waals surface area contributed by atoms with E-state index in [1.54, 1.807) is 18.4 Å². The highest BCUT2D eigenvalue weighted by Crippen LogP contribution is 2.17. The third kappa shape index (κ3) is 6.42. The van der Waals surface area contributed by atoms with Gasteiger partial charge in [-0.25, -0.2) is 0 Å². The van der Waals surface area contributed by atoms with Gasteiger partial charge < -0.3 is 19.9 Å². The van der Waals surface area contributed by atoms with Crippen LogP contribution in [0.25, 0.3) is 0 Å². The van der Waals surface area contributed by atoms with Gasteiger partial charge in [0.2, 0.25) is 0 Å². The Morgan fingerprint density at radius 3 is 2.88 bits per heavy atom. The second-order valence-corrected chi connectivity index (χ2v) is 7.24. The fraction of sp³-hybridized carbons (Fsp3) is 0.722. The zero-order chi connectivity index (χ0) is 17.2. The Bertz CT molecular complexity index is 469. The van der Waals surface area contributed by atoms with Gasteiger partial charge in [0.1, 0.15) is 0 Å². The SMILES string of the molecule is CCNC(=NCC1CCN(CCOC)CC1)N(C)Cc1ccsc1. The molecule has 1 aromatic rings. The molecule has 0 aliphatic carbocycles. The van der Waals surface area contributed by atoms with Crippen molar-refractivity contribution in [3.63, 3.8) is 0 Å². The Morgan fingerprint density at radius 2 is 2.25 bits per heavy atom. The van der Waals surface area contributed by atoms with Crippen LogP contribution in [0.15, 0.2) is 21.8 Å². The number of nitrogens with zero attached hydrogens (tertiary/aromatic N) is 3. The summed E-state index contributed by atoms with van der Waals surface area (Å²) in [5.41, 5.74) is 1.35. The Morgan fingerprint density at radius 1 is 1.46 bits per heavy atom. The molecule has 1 aliphatic heterocycles. The molecule has 0 radical (unpaired) electrons. The molecule has 2 rings (SSSR count). The summed E-state index contributed by atoms with van der Waals surface area (Å²) < 4.78 is 5.17. The molecule has 0 saturated carbocycles. The predicted molar refractivity (Wildman–Crippen MR) is 103 cm³/mol.